The standard InChI is InChI=1S/C11H20N6O3/c1-3-13-11(19)14-10(18)8-17-7-9(15-16-17)6-12-4-5-20-2/h7,12H,3-6,8H2,1-2H3,(H2,13,14,18,19). The van der Waals surface area contributed by atoms with Gasteiger partial charge >= 0.3 is 6.03 Å². The van der Waals surface area contributed by atoms with E-state index < -0.39 is 11.9 Å². The second-order valence-electron chi connectivity index (χ2n) is 3.98. The lowest BCUT2D eigenvalue weighted by atomic mass is 10.4. The molecule has 0 unspecified atom stereocenters. The molecule has 1 rings (SSSR count). The Hall–Kier alpha value is -2.00. The molecule has 112 valence electrons. The second-order valence-corrected chi connectivity index (χ2v) is 3.98. The Morgan fingerprint density at radius 1 is 1.45 bits per heavy atom. The Kier molecular flexibility index (Phi) is 7.22. The Morgan fingerprint density at radius 3 is 2.95 bits per heavy atom. The summed E-state index contributed by atoms with van der Waals surface area (Å²) in [6.45, 7) is 4.04. The van der Waals surface area contributed by atoms with E-state index in [-0.39, 0.29) is 6.54 Å². The van der Waals surface area contributed by atoms with Crippen LogP contribution in [0.4, 0.5) is 4.79 Å². The highest BCUT2D eigenvalue weighted by atomic mass is 16.5. The van der Waals surface area contributed by atoms with Crippen LogP contribution in [0.2, 0.25) is 0 Å². The molecule has 0 saturated carbocycles. The van der Waals surface area contributed by atoms with Crippen LogP contribution in [-0.4, -0.2) is 53.7 Å². The summed E-state index contributed by atoms with van der Waals surface area (Å²) in [4.78, 5) is 22.7. The molecule has 0 bridgehead atoms. The molecule has 0 aliphatic carbocycles. The molecule has 3 amide bonds. The first-order valence-corrected chi connectivity index (χ1v) is 6.32. The highest BCUT2D eigenvalue weighted by Crippen LogP contribution is 1.92. The molecule has 0 fully saturated rings. The molecular formula is C11H20N6O3. The Bertz CT molecular complexity index is 434. The number of imide groups is 1. The summed E-state index contributed by atoms with van der Waals surface area (Å²) in [7, 11) is 1.63. The number of hydrogen-bond acceptors (Lipinski definition) is 6. The maximum atomic E-state index is 11.5. The van der Waals surface area contributed by atoms with Crippen LogP contribution in [0.25, 0.3) is 0 Å². The van der Waals surface area contributed by atoms with E-state index in [1.165, 1.54) is 4.68 Å². The van der Waals surface area contributed by atoms with Gasteiger partial charge in [-0.05, 0) is 6.92 Å². The minimum Gasteiger partial charge on any atom is -0.383 e. The van der Waals surface area contributed by atoms with Crippen molar-refractivity contribution >= 4 is 11.9 Å². The minimum atomic E-state index is -0.515. The number of nitrogens with one attached hydrogen (secondary N) is 3. The number of ether oxygens (including phenoxy) is 1. The van der Waals surface area contributed by atoms with Gasteiger partial charge in [0, 0.05) is 26.7 Å². The molecule has 0 spiro atoms. The van der Waals surface area contributed by atoms with Crippen molar-refractivity contribution in [3.05, 3.63) is 11.9 Å². The largest absolute Gasteiger partial charge is 0.383 e. The topological polar surface area (TPSA) is 110 Å². The molecular weight excluding hydrogens is 264 g/mol. The van der Waals surface area contributed by atoms with Crippen molar-refractivity contribution in [3.63, 3.8) is 0 Å². The fraction of sp³-hybridized carbons (Fsp3) is 0.636. The SMILES string of the molecule is CCNC(=O)NC(=O)Cn1cc(CNCCOC)nn1. The van der Waals surface area contributed by atoms with Gasteiger partial charge in [0.05, 0.1) is 18.5 Å². The first kappa shape index (κ1) is 16.1. The first-order valence-electron chi connectivity index (χ1n) is 6.32. The molecule has 1 heterocycles. The predicted molar refractivity (Wildman–Crippen MR) is 70.8 cm³/mol. The molecule has 0 aliphatic rings. The van der Waals surface area contributed by atoms with Gasteiger partial charge in [-0.2, -0.15) is 0 Å². The van der Waals surface area contributed by atoms with E-state index in [2.05, 4.69) is 26.3 Å². The number of rotatable bonds is 8. The Balaban J connectivity index is 2.32. The predicted octanol–water partition coefficient (Wildman–Crippen LogP) is -1.14. The third-order valence-electron chi connectivity index (χ3n) is 2.27. The van der Waals surface area contributed by atoms with Crippen molar-refractivity contribution in [2.24, 2.45) is 0 Å². The number of amides is 3. The lowest BCUT2D eigenvalue weighted by molar-refractivity contribution is -0.120. The average Bonchev–Trinajstić information content (AvgIpc) is 2.82. The van der Waals surface area contributed by atoms with Crippen molar-refractivity contribution in [2.75, 3.05) is 26.8 Å². The van der Waals surface area contributed by atoms with Gasteiger partial charge in [0.15, 0.2) is 0 Å². The molecule has 0 radical (unpaired) electrons. The van der Waals surface area contributed by atoms with Crippen molar-refractivity contribution in [1.82, 2.24) is 30.9 Å². The highest BCUT2D eigenvalue weighted by molar-refractivity contribution is 5.94. The van der Waals surface area contributed by atoms with Crippen LogP contribution in [0.1, 0.15) is 12.6 Å². The van der Waals surface area contributed by atoms with Gasteiger partial charge in [-0.1, -0.05) is 5.21 Å². The molecule has 0 aliphatic heterocycles. The Labute approximate surface area is 117 Å². The first-order chi connectivity index (χ1) is 9.65. The smallest absolute Gasteiger partial charge is 0.321 e. The molecule has 1 aromatic rings. The molecule has 1 aromatic heterocycles. The fourth-order valence-electron chi connectivity index (χ4n) is 1.41. The van der Waals surface area contributed by atoms with Gasteiger partial charge in [-0.15, -0.1) is 5.10 Å². The summed E-state index contributed by atoms with van der Waals surface area (Å²) in [5.74, 6) is -0.445. The van der Waals surface area contributed by atoms with E-state index in [1.807, 2.05) is 0 Å². The zero-order valence-corrected chi connectivity index (χ0v) is 11.7. The zero-order valence-electron chi connectivity index (χ0n) is 11.7. The van der Waals surface area contributed by atoms with Crippen LogP contribution in [0.15, 0.2) is 6.20 Å². The fourth-order valence-corrected chi connectivity index (χ4v) is 1.41. The van der Waals surface area contributed by atoms with Gasteiger partial charge in [0.25, 0.3) is 0 Å². The summed E-state index contributed by atoms with van der Waals surface area (Å²) in [5.41, 5.74) is 0.715. The molecule has 20 heavy (non-hydrogen) atoms. The van der Waals surface area contributed by atoms with Crippen molar-refractivity contribution in [1.29, 1.82) is 0 Å². The van der Waals surface area contributed by atoms with Gasteiger partial charge in [0.2, 0.25) is 5.91 Å². The molecule has 3 N–H and O–H groups in total. The van der Waals surface area contributed by atoms with Crippen LogP contribution in [0.5, 0.6) is 0 Å². The summed E-state index contributed by atoms with van der Waals surface area (Å²) in [6, 6.07) is -0.515. The van der Waals surface area contributed by atoms with E-state index in [9.17, 15) is 9.59 Å². The number of methoxy groups -OCH3 is 1. The number of nitrogens with zero attached hydrogens (tertiary/aromatic N) is 3. The van der Waals surface area contributed by atoms with Crippen molar-refractivity contribution < 1.29 is 14.3 Å². The number of aromatic nitrogens is 3. The minimum absolute atomic E-state index is 0.0534. The summed E-state index contributed by atoms with van der Waals surface area (Å²) < 4.78 is 6.28. The Morgan fingerprint density at radius 2 is 2.25 bits per heavy atom. The number of urea groups is 1. The molecule has 9 nitrogen and oxygen atoms in total. The normalized spacial score (nSPS) is 10.3. The maximum absolute atomic E-state index is 11.5. The van der Waals surface area contributed by atoms with Crippen LogP contribution in [0, 0.1) is 0 Å². The highest BCUT2D eigenvalue weighted by Gasteiger charge is 2.09. The van der Waals surface area contributed by atoms with Gasteiger partial charge < -0.3 is 15.4 Å². The second kappa shape index (κ2) is 8.99. The molecule has 0 saturated heterocycles. The summed E-state index contributed by atoms with van der Waals surface area (Å²) >= 11 is 0. The maximum Gasteiger partial charge on any atom is 0.321 e. The van der Waals surface area contributed by atoms with Crippen LogP contribution < -0.4 is 16.0 Å². The van der Waals surface area contributed by atoms with E-state index in [0.717, 1.165) is 0 Å². The van der Waals surface area contributed by atoms with E-state index in [1.54, 1.807) is 20.2 Å². The number of hydrogen-bond donors (Lipinski definition) is 3. The quantitative estimate of drug-likeness (QED) is 0.520. The lowest BCUT2D eigenvalue weighted by Crippen LogP contribution is -2.40. The van der Waals surface area contributed by atoms with Crippen molar-refractivity contribution in [2.45, 2.75) is 20.0 Å². The molecule has 9 heteroatoms. The van der Waals surface area contributed by atoms with E-state index in [4.69, 9.17) is 4.74 Å². The van der Waals surface area contributed by atoms with E-state index >= 15 is 0 Å². The van der Waals surface area contributed by atoms with Crippen molar-refractivity contribution in [3.8, 4) is 0 Å². The lowest BCUT2D eigenvalue weighted by Gasteiger charge is -2.03. The third-order valence-corrected chi connectivity index (χ3v) is 2.27. The summed E-state index contributed by atoms with van der Waals surface area (Å²) in [6.07, 6.45) is 1.65. The van der Waals surface area contributed by atoms with Gasteiger partial charge in [-0.3, -0.25) is 10.1 Å². The van der Waals surface area contributed by atoms with Crippen LogP contribution >= 0.6 is 0 Å². The van der Waals surface area contributed by atoms with Crippen LogP contribution in [-0.2, 0) is 22.6 Å². The monoisotopic (exact) mass is 284 g/mol. The van der Waals surface area contributed by atoms with Crippen LogP contribution in [0.3, 0.4) is 0 Å². The van der Waals surface area contributed by atoms with Gasteiger partial charge in [0.1, 0.15) is 6.54 Å². The average molecular weight is 284 g/mol. The van der Waals surface area contributed by atoms with E-state index in [0.29, 0.717) is 31.9 Å². The van der Waals surface area contributed by atoms with Gasteiger partial charge in [-0.25, -0.2) is 9.48 Å². The zero-order chi connectivity index (χ0) is 14.8. The number of carbonyl (C=O) groups is 2. The number of carbonyl (C=O) groups excluding carboxylic acids is 2. The third kappa shape index (κ3) is 6.25. The molecule has 0 atom stereocenters. The molecule has 0 aromatic carbocycles. The summed E-state index contributed by atoms with van der Waals surface area (Å²) in [5, 5.41) is 15.5.